The van der Waals surface area contributed by atoms with Crippen molar-refractivity contribution in [3.8, 4) is 27.9 Å². The Balaban J connectivity index is 1.15. The summed E-state index contributed by atoms with van der Waals surface area (Å²) in [6.07, 6.45) is 0. The molecule has 11 aromatic rings. The van der Waals surface area contributed by atoms with E-state index in [0.717, 1.165) is 50.3 Å². The molecule has 0 aliphatic carbocycles. The first-order chi connectivity index (χ1) is 27.3. The maximum Gasteiger partial charge on any atom is 0.159 e. The van der Waals surface area contributed by atoms with Crippen molar-refractivity contribution in [2.24, 2.45) is 0 Å². The number of aromatic nitrogens is 1. The second-order valence-electron chi connectivity index (χ2n) is 14.1. The van der Waals surface area contributed by atoms with Gasteiger partial charge in [0, 0.05) is 38.6 Å². The van der Waals surface area contributed by atoms with Gasteiger partial charge in [-0.05, 0) is 93.7 Å². The van der Waals surface area contributed by atoms with Crippen LogP contribution in [-0.4, -0.2) is 4.57 Å². The average molecular weight is 703 g/mol. The summed E-state index contributed by atoms with van der Waals surface area (Å²) in [5.74, 6) is 0. The van der Waals surface area contributed by atoms with E-state index < -0.39 is 0 Å². The van der Waals surface area contributed by atoms with Gasteiger partial charge >= 0.3 is 0 Å². The normalized spacial score (nSPS) is 11.6. The molecule has 3 heteroatoms. The standard InChI is InChI=1S/C52H34N2O/c1-4-16-35(17-5-1)36-30-32-39(33-31-36)53(37-18-6-2-7-19-37)48-29-15-26-44-51-41-23-11-10-22-40(41)45(34-49(51)55-52(44)48)42-25-14-28-47-50(42)43-24-12-13-27-46(43)54(47)38-20-8-3-9-21-38/h1-34H. The zero-order valence-electron chi connectivity index (χ0n) is 29.9. The lowest BCUT2D eigenvalue weighted by atomic mass is 9.92. The molecule has 9 aromatic carbocycles. The van der Waals surface area contributed by atoms with Crippen LogP contribution >= 0.6 is 0 Å². The lowest BCUT2D eigenvalue weighted by molar-refractivity contribution is 0.669. The minimum Gasteiger partial charge on any atom is -0.454 e. The number of benzene rings is 9. The van der Waals surface area contributed by atoms with Gasteiger partial charge in [0.15, 0.2) is 5.58 Å². The first kappa shape index (κ1) is 31.2. The lowest BCUT2D eigenvalue weighted by Crippen LogP contribution is -2.10. The van der Waals surface area contributed by atoms with Gasteiger partial charge in [-0.25, -0.2) is 0 Å². The Morgan fingerprint density at radius 2 is 0.964 bits per heavy atom. The van der Waals surface area contributed by atoms with Crippen molar-refractivity contribution >= 4 is 71.6 Å². The summed E-state index contributed by atoms with van der Waals surface area (Å²) in [6.45, 7) is 0. The molecule has 0 unspecified atom stereocenters. The molecule has 0 saturated heterocycles. The minimum atomic E-state index is 0.856. The zero-order chi connectivity index (χ0) is 36.3. The van der Waals surface area contributed by atoms with Crippen LogP contribution in [0, 0.1) is 0 Å². The molecule has 0 radical (unpaired) electrons. The number of hydrogen-bond acceptors (Lipinski definition) is 2. The van der Waals surface area contributed by atoms with Gasteiger partial charge in [-0.2, -0.15) is 0 Å². The van der Waals surface area contributed by atoms with E-state index in [-0.39, 0.29) is 0 Å². The Morgan fingerprint density at radius 1 is 0.382 bits per heavy atom. The molecule has 0 atom stereocenters. The summed E-state index contributed by atoms with van der Waals surface area (Å²) in [7, 11) is 0. The van der Waals surface area contributed by atoms with Crippen LogP contribution in [0.2, 0.25) is 0 Å². The van der Waals surface area contributed by atoms with Gasteiger partial charge in [0.1, 0.15) is 5.58 Å². The maximum atomic E-state index is 7.10. The third-order valence-corrected chi connectivity index (χ3v) is 11.0. The fourth-order valence-corrected chi connectivity index (χ4v) is 8.58. The molecule has 0 aliphatic heterocycles. The number of rotatable bonds is 6. The second-order valence-corrected chi connectivity index (χ2v) is 14.1. The van der Waals surface area contributed by atoms with Gasteiger partial charge in [-0.3, -0.25) is 0 Å². The zero-order valence-corrected chi connectivity index (χ0v) is 29.9. The van der Waals surface area contributed by atoms with Gasteiger partial charge in [0.2, 0.25) is 0 Å². The number of anilines is 3. The van der Waals surface area contributed by atoms with E-state index in [0.29, 0.717) is 0 Å². The molecule has 2 heterocycles. The summed E-state index contributed by atoms with van der Waals surface area (Å²) >= 11 is 0. The predicted molar refractivity (Wildman–Crippen MR) is 231 cm³/mol. The third kappa shape index (κ3) is 4.98. The van der Waals surface area contributed by atoms with E-state index in [2.05, 4.69) is 216 Å². The van der Waals surface area contributed by atoms with Gasteiger partial charge < -0.3 is 13.9 Å². The fraction of sp³-hybridized carbons (Fsp3) is 0. The molecule has 0 spiro atoms. The van der Waals surface area contributed by atoms with Gasteiger partial charge in [-0.1, -0.05) is 146 Å². The van der Waals surface area contributed by atoms with Crippen LogP contribution < -0.4 is 4.90 Å². The lowest BCUT2D eigenvalue weighted by Gasteiger charge is -2.25. The van der Waals surface area contributed by atoms with Gasteiger partial charge in [0.05, 0.1) is 16.7 Å². The highest BCUT2D eigenvalue weighted by Crippen LogP contribution is 2.47. The molecular weight excluding hydrogens is 669 g/mol. The van der Waals surface area contributed by atoms with Crippen LogP contribution in [0.25, 0.3) is 82.5 Å². The van der Waals surface area contributed by atoms with Crippen molar-refractivity contribution in [1.82, 2.24) is 4.57 Å². The van der Waals surface area contributed by atoms with E-state index in [1.807, 2.05) is 0 Å². The minimum absolute atomic E-state index is 0.856. The highest BCUT2D eigenvalue weighted by molar-refractivity contribution is 6.26. The van der Waals surface area contributed by atoms with Crippen LogP contribution in [0.4, 0.5) is 17.1 Å². The molecule has 0 bridgehead atoms. The number of fused-ring (bicyclic) bond motifs is 8. The van der Waals surface area contributed by atoms with Crippen LogP contribution in [0.15, 0.2) is 211 Å². The molecule has 2 aromatic heterocycles. The quantitative estimate of drug-likeness (QED) is 0.172. The largest absolute Gasteiger partial charge is 0.454 e. The Bertz CT molecular complexity index is 3180. The molecule has 0 amide bonds. The van der Waals surface area contributed by atoms with Crippen LogP contribution in [-0.2, 0) is 0 Å². The fourth-order valence-electron chi connectivity index (χ4n) is 8.58. The van der Waals surface area contributed by atoms with E-state index >= 15 is 0 Å². The van der Waals surface area contributed by atoms with Gasteiger partial charge in [0.25, 0.3) is 0 Å². The molecule has 3 nitrogen and oxygen atoms in total. The van der Waals surface area contributed by atoms with Crippen molar-refractivity contribution in [2.75, 3.05) is 4.90 Å². The number of para-hydroxylation sites is 4. The highest BCUT2D eigenvalue weighted by Gasteiger charge is 2.23. The molecule has 258 valence electrons. The highest BCUT2D eigenvalue weighted by atomic mass is 16.3. The van der Waals surface area contributed by atoms with E-state index in [9.17, 15) is 0 Å². The molecular formula is C52H34N2O. The summed E-state index contributed by atoms with van der Waals surface area (Å²) in [4.78, 5) is 2.31. The Labute approximate surface area is 318 Å². The van der Waals surface area contributed by atoms with Crippen molar-refractivity contribution < 1.29 is 4.42 Å². The molecule has 0 fully saturated rings. The smallest absolute Gasteiger partial charge is 0.159 e. The van der Waals surface area contributed by atoms with Crippen LogP contribution in [0.5, 0.6) is 0 Å². The number of furan rings is 1. The van der Waals surface area contributed by atoms with Crippen molar-refractivity contribution in [3.63, 3.8) is 0 Å². The van der Waals surface area contributed by atoms with E-state index in [4.69, 9.17) is 4.42 Å². The average Bonchev–Trinajstić information content (AvgIpc) is 3.81. The molecule has 0 saturated carbocycles. The summed E-state index contributed by atoms with van der Waals surface area (Å²) in [6, 6.07) is 73.6. The van der Waals surface area contributed by atoms with Crippen molar-refractivity contribution in [2.45, 2.75) is 0 Å². The summed E-state index contributed by atoms with van der Waals surface area (Å²) in [5.41, 5.74) is 13.1. The molecule has 0 N–H and O–H groups in total. The monoisotopic (exact) mass is 702 g/mol. The first-order valence-corrected chi connectivity index (χ1v) is 18.8. The molecule has 0 aliphatic rings. The summed E-state index contributed by atoms with van der Waals surface area (Å²) in [5, 5.41) is 7.05. The van der Waals surface area contributed by atoms with Crippen LogP contribution in [0.1, 0.15) is 0 Å². The SMILES string of the molecule is c1ccc(-c2ccc(N(c3ccccc3)c3cccc4c3oc3cc(-c5cccc6c5c5ccccc5n6-c5ccccc5)c5ccccc5c34)cc2)cc1. The maximum absolute atomic E-state index is 7.10. The van der Waals surface area contributed by atoms with Crippen molar-refractivity contribution in [1.29, 1.82) is 0 Å². The topological polar surface area (TPSA) is 21.3 Å². The Hall–Kier alpha value is -7.36. The Kier molecular flexibility index (Phi) is 7.17. The predicted octanol–water partition coefficient (Wildman–Crippen LogP) is 14.6. The van der Waals surface area contributed by atoms with Gasteiger partial charge in [-0.15, -0.1) is 0 Å². The second kappa shape index (κ2) is 12.6. The van der Waals surface area contributed by atoms with E-state index in [1.165, 1.54) is 49.3 Å². The first-order valence-electron chi connectivity index (χ1n) is 18.8. The van der Waals surface area contributed by atoms with E-state index in [1.54, 1.807) is 0 Å². The Morgan fingerprint density at radius 3 is 1.75 bits per heavy atom. The summed E-state index contributed by atoms with van der Waals surface area (Å²) < 4.78 is 9.48. The van der Waals surface area contributed by atoms with Crippen molar-refractivity contribution in [3.05, 3.63) is 206 Å². The number of hydrogen-bond donors (Lipinski definition) is 0. The molecule has 55 heavy (non-hydrogen) atoms. The van der Waals surface area contributed by atoms with Crippen LogP contribution in [0.3, 0.4) is 0 Å². The number of nitrogens with zero attached hydrogens (tertiary/aromatic N) is 2. The molecule has 11 rings (SSSR count). The third-order valence-electron chi connectivity index (χ3n) is 11.0.